The molecule has 4 nitrogen and oxygen atoms in total. The quantitative estimate of drug-likeness (QED) is 0.244. The van der Waals surface area contributed by atoms with Crippen LogP contribution in [0.5, 0.6) is 17.2 Å². The Morgan fingerprint density at radius 3 is 1.88 bits per heavy atom. The molecule has 4 N–H and O–H groups in total. The Morgan fingerprint density at radius 2 is 1.38 bits per heavy atom. The number of rotatable bonds is 11. The maximum Gasteiger partial charge on any atom is 0.127 e. The molecule has 3 aromatic rings. The van der Waals surface area contributed by atoms with Gasteiger partial charge in [-0.2, -0.15) is 0 Å². The topological polar surface area (TPSA) is 70.5 Å². The molecule has 0 radical (unpaired) electrons. The Labute approximate surface area is 203 Å². The number of nitrogens with two attached hydrogens (primary N) is 2. The smallest absolute Gasteiger partial charge is 0.127 e. The molecular formula is C30H36N2O2. The van der Waals surface area contributed by atoms with Crippen LogP contribution in [0, 0.1) is 5.92 Å². The van der Waals surface area contributed by atoms with Crippen LogP contribution in [-0.4, -0.2) is 12.6 Å². The predicted molar refractivity (Wildman–Crippen MR) is 143 cm³/mol. The number of nitrogen functional groups attached to an aromatic ring is 1. The monoisotopic (exact) mass is 456 g/mol. The van der Waals surface area contributed by atoms with E-state index in [9.17, 15) is 0 Å². The van der Waals surface area contributed by atoms with Crippen LogP contribution in [0.3, 0.4) is 0 Å². The van der Waals surface area contributed by atoms with E-state index in [0.717, 1.165) is 29.4 Å². The molecule has 0 saturated carbocycles. The Hall–Kier alpha value is -3.50. The molecule has 0 aliphatic rings. The van der Waals surface area contributed by atoms with Gasteiger partial charge in [0.15, 0.2) is 0 Å². The summed E-state index contributed by atoms with van der Waals surface area (Å²) in [4.78, 5) is 0. The molecule has 34 heavy (non-hydrogen) atoms. The number of benzene rings is 3. The van der Waals surface area contributed by atoms with Crippen molar-refractivity contribution in [2.45, 2.75) is 38.6 Å². The molecule has 0 saturated heterocycles. The first-order chi connectivity index (χ1) is 16.4. The van der Waals surface area contributed by atoms with Gasteiger partial charge in [0.25, 0.3) is 0 Å². The molecular weight excluding hydrogens is 420 g/mol. The summed E-state index contributed by atoms with van der Waals surface area (Å²) in [5.41, 5.74) is 14.9. The van der Waals surface area contributed by atoms with Crippen molar-refractivity contribution in [2.75, 3.05) is 12.3 Å². The Bertz CT molecular complexity index is 1070. The van der Waals surface area contributed by atoms with E-state index in [1.807, 2.05) is 73.7 Å². The summed E-state index contributed by atoms with van der Waals surface area (Å²) >= 11 is 0. The first-order valence-corrected chi connectivity index (χ1v) is 11.8. The van der Waals surface area contributed by atoms with Crippen LogP contribution < -0.4 is 20.9 Å². The Morgan fingerprint density at radius 1 is 0.882 bits per heavy atom. The fourth-order valence-corrected chi connectivity index (χ4v) is 3.75. The van der Waals surface area contributed by atoms with E-state index in [0.29, 0.717) is 6.61 Å². The molecule has 2 unspecified atom stereocenters. The van der Waals surface area contributed by atoms with E-state index in [2.05, 4.69) is 44.7 Å². The second-order valence-corrected chi connectivity index (χ2v) is 8.82. The van der Waals surface area contributed by atoms with Gasteiger partial charge in [-0.25, -0.2) is 0 Å². The Kier molecular flexibility index (Phi) is 8.55. The van der Waals surface area contributed by atoms with E-state index in [1.54, 1.807) is 0 Å². The summed E-state index contributed by atoms with van der Waals surface area (Å²) in [5.74, 6) is 2.64. The summed E-state index contributed by atoms with van der Waals surface area (Å²) in [6.45, 7) is 10.8. The molecule has 4 heteroatoms. The molecule has 3 rings (SSSR count). The van der Waals surface area contributed by atoms with Gasteiger partial charge in [-0.05, 0) is 78.1 Å². The number of ether oxygens (including phenoxy) is 2. The van der Waals surface area contributed by atoms with Crippen LogP contribution in [0.4, 0.5) is 5.69 Å². The lowest BCUT2D eigenvalue weighted by molar-refractivity contribution is 0.361. The van der Waals surface area contributed by atoms with E-state index >= 15 is 0 Å². The van der Waals surface area contributed by atoms with Crippen LogP contribution in [-0.2, 0) is 5.41 Å². The van der Waals surface area contributed by atoms with Crippen LogP contribution in [0.2, 0.25) is 0 Å². The van der Waals surface area contributed by atoms with Crippen molar-refractivity contribution >= 4 is 5.69 Å². The molecule has 3 atom stereocenters. The summed E-state index contributed by atoms with van der Waals surface area (Å²) in [5, 5.41) is 0. The second-order valence-electron chi connectivity index (χ2n) is 8.82. The fourth-order valence-electron chi connectivity index (χ4n) is 3.75. The highest BCUT2D eigenvalue weighted by Gasteiger charge is 2.27. The lowest BCUT2D eigenvalue weighted by Gasteiger charge is -2.30. The standard InChI is InChI=1S/C30H36N2O2/c1-5-22(3)29(32)8-7-21-33-26-15-9-23(10-16-26)30(4,6-2)24-11-17-27(18-12-24)34-28-19-13-25(31)14-20-28/h5,7-20,22,29H,1,6,21,31-32H2,2-4H3/b8-7-/t22?,29-,30?/m0/s1. The van der Waals surface area contributed by atoms with Crippen LogP contribution >= 0.6 is 0 Å². The first-order valence-electron chi connectivity index (χ1n) is 11.8. The molecule has 0 amide bonds. The number of hydrogen-bond acceptors (Lipinski definition) is 4. The van der Waals surface area contributed by atoms with Crippen molar-refractivity contribution in [3.8, 4) is 17.2 Å². The molecule has 0 spiro atoms. The summed E-state index contributed by atoms with van der Waals surface area (Å²) < 4.78 is 11.8. The van der Waals surface area contributed by atoms with E-state index in [1.165, 1.54) is 11.1 Å². The lowest BCUT2D eigenvalue weighted by Crippen LogP contribution is -2.24. The third-order valence-corrected chi connectivity index (χ3v) is 6.49. The molecule has 0 aliphatic heterocycles. The minimum absolute atomic E-state index is 0.0444. The molecule has 0 aliphatic carbocycles. The van der Waals surface area contributed by atoms with Crippen molar-refractivity contribution in [1.82, 2.24) is 0 Å². The summed E-state index contributed by atoms with van der Waals surface area (Å²) in [7, 11) is 0. The van der Waals surface area contributed by atoms with E-state index in [4.69, 9.17) is 20.9 Å². The maximum atomic E-state index is 6.07. The van der Waals surface area contributed by atoms with Crippen molar-refractivity contribution in [2.24, 2.45) is 11.7 Å². The largest absolute Gasteiger partial charge is 0.490 e. The van der Waals surface area contributed by atoms with Gasteiger partial charge < -0.3 is 20.9 Å². The molecule has 0 bridgehead atoms. The zero-order valence-corrected chi connectivity index (χ0v) is 20.4. The predicted octanol–water partition coefficient (Wildman–Crippen LogP) is 6.86. The van der Waals surface area contributed by atoms with Crippen LogP contribution in [0.1, 0.15) is 38.3 Å². The summed E-state index contributed by atoms with van der Waals surface area (Å²) in [6, 6.07) is 24.0. The van der Waals surface area contributed by atoms with E-state index < -0.39 is 0 Å². The van der Waals surface area contributed by atoms with Gasteiger partial charge in [-0.1, -0.05) is 57.2 Å². The van der Waals surface area contributed by atoms with Crippen LogP contribution in [0.25, 0.3) is 0 Å². The minimum atomic E-state index is -0.119. The number of hydrogen-bond donors (Lipinski definition) is 2. The van der Waals surface area contributed by atoms with Gasteiger partial charge in [0.05, 0.1) is 0 Å². The first kappa shape index (κ1) is 25.1. The van der Waals surface area contributed by atoms with Gasteiger partial charge >= 0.3 is 0 Å². The highest BCUT2D eigenvalue weighted by Crippen LogP contribution is 2.37. The van der Waals surface area contributed by atoms with Gasteiger partial charge in [0, 0.05) is 17.1 Å². The zero-order chi connectivity index (χ0) is 24.6. The highest BCUT2D eigenvalue weighted by molar-refractivity contribution is 5.45. The summed E-state index contributed by atoms with van der Waals surface area (Å²) in [6.07, 6.45) is 6.76. The third kappa shape index (κ3) is 6.30. The minimum Gasteiger partial charge on any atom is -0.490 e. The normalized spacial score (nSPS) is 14.8. The van der Waals surface area contributed by atoms with E-state index in [-0.39, 0.29) is 17.4 Å². The van der Waals surface area contributed by atoms with Gasteiger partial charge in [-0.15, -0.1) is 6.58 Å². The van der Waals surface area contributed by atoms with Gasteiger partial charge in [-0.3, -0.25) is 0 Å². The molecule has 0 heterocycles. The SMILES string of the molecule is C=CC(C)[C@@H](N)/C=C\COc1ccc(C(C)(CC)c2ccc(Oc3ccc(N)cc3)cc2)cc1. The van der Waals surface area contributed by atoms with Gasteiger partial charge in [0.2, 0.25) is 0 Å². The van der Waals surface area contributed by atoms with Crippen molar-refractivity contribution in [1.29, 1.82) is 0 Å². The third-order valence-electron chi connectivity index (χ3n) is 6.49. The lowest BCUT2D eigenvalue weighted by atomic mass is 9.74. The second kappa shape index (κ2) is 11.6. The van der Waals surface area contributed by atoms with Crippen molar-refractivity contribution in [3.05, 3.63) is 109 Å². The molecule has 0 aromatic heterocycles. The average Bonchev–Trinajstić information content (AvgIpc) is 2.87. The Balaban J connectivity index is 1.65. The average molecular weight is 457 g/mol. The zero-order valence-electron chi connectivity index (χ0n) is 20.4. The van der Waals surface area contributed by atoms with Gasteiger partial charge in [0.1, 0.15) is 23.9 Å². The van der Waals surface area contributed by atoms with Crippen molar-refractivity contribution in [3.63, 3.8) is 0 Å². The van der Waals surface area contributed by atoms with Crippen LogP contribution in [0.15, 0.2) is 97.6 Å². The fraction of sp³-hybridized carbons (Fsp3) is 0.267. The maximum absolute atomic E-state index is 6.07. The molecule has 0 fully saturated rings. The highest BCUT2D eigenvalue weighted by atomic mass is 16.5. The molecule has 178 valence electrons. The number of anilines is 1. The molecule has 3 aromatic carbocycles. The van der Waals surface area contributed by atoms with Crippen molar-refractivity contribution < 1.29 is 9.47 Å².